The molecule has 0 amide bonds. The van der Waals surface area contributed by atoms with E-state index in [2.05, 4.69) is 14.8 Å². The second-order valence-corrected chi connectivity index (χ2v) is 5.46. The van der Waals surface area contributed by atoms with Crippen LogP contribution in [-0.2, 0) is 0 Å². The molecule has 112 valence electrons. The van der Waals surface area contributed by atoms with E-state index in [4.69, 9.17) is 10.5 Å². The van der Waals surface area contributed by atoms with Crippen molar-refractivity contribution in [2.75, 3.05) is 44.2 Å². The van der Waals surface area contributed by atoms with Gasteiger partial charge < -0.3 is 20.3 Å². The third kappa shape index (κ3) is 4.08. The van der Waals surface area contributed by atoms with Crippen molar-refractivity contribution in [2.24, 2.45) is 5.73 Å². The topological polar surface area (TPSA) is 54.6 Å². The minimum atomic E-state index is 0.165. The molecule has 0 bridgehead atoms. The summed E-state index contributed by atoms with van der Waals surface area (Å²) < 4.78 is 5.88. The summed E-state index contributed by atoms with van der Waals surface area (Å²) in [6, 6.07) is 3.94. The van der Waals surface area contributed by atoms with E-state index in [9.17, 15) is 0 Å². The minimum Gasteiger partial charge on any atom is -0.487 e. The molecule has 1 aromatic heterocycles. The van der Waals surface area contributed by atoms with Crippen molar-refractivity contribution in [3.8, 4) is 5.75 Å². The van der Waals surface area contributed by atoms with Crippen LogP contribution in [-0.4, -0.2) is 55.3 Å². The lowest BCUT2D eigenvalue weighted by atomic mass is 10.3. The summed E-state index contributed by atoms with van der Waals surface area (Å²) in [5.41, 5.74) is 5.65. The number of nitrogens with two attached hydrogens (primary N) is 1. The molecule has 5 heteroatoms. The molecular formula is C15H26N4O. The Labute approximate surface area is 121 Å². The van der Waals surface area contributed by atoms with E-state index in [0.717, 1.165) is 57.3 Å². The van der Waals surface area contributed by atoms with Gasteiger partial charge in [-0.3, -0.25) is 0 Å². The first-order valence-electron chi connectivity index (χ1n) is 7.49. The smallest absolute Gasteiger partial charge is 0.171 e. The maximum absolute atomic E-state index is 5.88. The monoisotopic (exact) mass is 278 g/mol. The molecule has 2 N–H and O–H groups in total. The number of hydrogen-bond donors (Lipinski definition) is 1. The number of ether oxygens (including phenoxy) is 1. The summed E-state index contributed by atoms with van der Waals surface area (Å²) in [5, 5.41) is 0. The Morgan fingerprint density at radius 2 is 2.15 bits per heavy atom. The minimum absolute atomic E-state index is 0.165. The fourth-order valence-electron chi connectivity index (χ4n) is 2.55. The van der Waals surface area contributed by atoms with Gasteiger partial charge in [0, 0.05) is 38.9 Å². The largest absolute Gasteiger partial charge is 0.487 e. The van der Waals surface area contributed by atoms with E-state index in [0.29, 0.717) is 0 Å². The summed E-state index contributed by atoms with van der Waals surface area (Å²) in [6.07, 6.45) is 3.14. The molecule has 1 fully saturated rings. The van der Waals surface area contributed by atoms with E-state index in [-0.39, 0.29) is 6.10 Å². The van der Waals surface area contributed by atoms with Gasteiger partial charge in [0.25, 0.3) is 0 Å². The van der Waals surface area contributed by atoms with Crippen molar-refractivity contribution < 1.29 is 4.74 Å². The van der Waals surface area contributed by atoms with E-state index < -0.39 is 0 Å². The SMILES string of the molecule is CC(C)Oc1cccnc1N1CCCN(CCN)CC1. The maximum atomic E-state index is 5.88. The first-order valence-corrected chi connectivity index (χ1v) is 7.49. The highest BCUT2D eigenvalue weighted by molar-refractivity contribution is 5.52. The molecule has 0 aliphatic carbocycles. The lowest BCUT2D eigenvalue weighted by Crippen LogP contribution is -2.34. The molecule has 0 aromatic carbocycles. The fourth-order valence-corrected chi connectivity index (χ4v) is 2.55. The van der Waals surface area contributed by atoms with Crippen LogP contribution in [0.1, 0.15) is 20.3 Å². The van der Waals surface area contributed by atoms with Gasteiger partial charge in [0.2, 0.25) is 0 Å². The average molecular weight is 278 g/mol. The molecule has 2 heterocycles. The lowest BCUT2D eigenvalue weighted by molar-refractivity contribution is 0.242. The van der Waals surface area contributed by atoms with E-state index in [1.807, 2.05) is 32.2 Å². The van der Waals surface area contributed by atoms with Gasteiger partial charge in [0.15, 0.2) is 11.6 Å². The zero-order valence-electron chi connectivity index (χ0n) is 12.6. The van der Waals surface area contributed by atoms with Crippen LogP contribution in [0.5, 0.6) is 5.75 Å². The molecule has 0 atom stereocenters. The van der Waals surface area contributed by atoms with Crippen molar-refractivity contribution in [1.29, 1.82) is 0 Å². The van der Waals surface area contributed by atoms with Gasteiger partial charge in [0.1, 0.15) is 0 Å². The van der Waals surface area contributed by atoms with Crippen LogP contribution in [0.15, 0.2) is 18.3 Å². The molecule has 0 radical (unpaired) electrons. The quantitative estimate of drug-likeness (QED) is 0.881. The molecule has 0 saturated carbocycles. The zero-order valence-corrected chi connectivity index (χ0v) is 12.6. The van der Waals surface area contributed by atoms with Gasteiger partial charge in [-0.25, -0.2) is 4.98 Å². The number of rotatable bonds is 5. The highest BCUT2D eigenvalue weighted by Gasteiger charge is 2.18. The van der Waals surface area contributed by atoms with Crippen LogP contribution >= 0.6 is 0 Å². The van der Waals surface area contributed by atoms with Crippen LogP contribution < -0.4 is 15.4 Å². The Morgan fingerprint density at radius 3 is 2.90 bits per heavy atom. The molecule has 1 aliphatic heterocycles. The third-order valence-corrected chi connectivity index (χ3v) is 3.45. The summed E-state index contributed by atoms with van der Waals surface area (Å²) in [5.74, 6) is 1.85. The number of aromatic nitrogens is 1. The van der Waals surface area contributed by atoms with E-state index >= 15 is 0 Å². The van der Waals surface area contributed by atoms with Crippen LogP contribution in [0.3, 0.4) is 0 Å². The Morgan fingerprint density at radius 1 is 1.30 bits per heavy atom. The first-order chi connectivity index (χ1) is 9.70. The number of hydrogen-bond acceptors (Lipinski definition) is 5. The van der Waals surface area contributed by atoms with E-state index in [1.165, 1.54) is 0 Å². The molecule has 20 heavy (non-hydrogen) atoms. The zero-order chi connectivity index (χ0) is 14.4. The number of pyridine rings is 1. The first kappa shape index (κ1) is 15.1. The molecule has 2 rings (SSSR count). The summed E-state index contributed by atoms with van der Waals surface area (Å²) in [6.45, 7) is 9.94. The Kier molecular flexibility index (Phi) is 5.61. The molecule has 1 saturated heterocycles. The van der Waals surface area contributed by atoms with Crippen LogP contribution in [0, 0.1) is 0 Å². The molecule has 0 unspecified atom stereocenters. The second kappa shape index (κ2) is 7.45. The molecule has 5 nitrogen and oxygen atoms in total. The Bertz CT molecular complexity index is 411. The summed E-state index contributed by atoms with van der Waals surface area (Å²) in [7, 11) is 0. The molecular weight excluding hydrogens is 252 g/mol. The summed E-state index contributed by atoms with van der Waals surface area (Å²) >= 11 is 0. The summed E-state index contributed by atoms with van der Waals surface area (Å²) in [4.78, 5) is 9.28. The predicted octanol–water partition coefficient (Wildman–Crippen LogP) is 1.34. The van der Waals surface area contributed by atoms with Crippen LogP contribution in [0.2, 0.25) is 0 Å². The van der Waals surface area contributed by atoms with Gasteiger partial charge >= 0.3 is 0 Å². The normalized spacial score (nSPS) is 17.3. The second-order valence-electron chi connectivity index (χ2n) is 5.46. The standard InChI is InChI=1S/C15H26N4O/c1-13(2)20-14-5-3-7-17-15(14)19-9-4-8-18(10-6-16)11-12-19/h3,5,7,13H,4,6,8-12,16H2,1-2H3. The van der Waals surface area contributed by atoms with Crippen LogP contribution in [0.4, 0.5) is 5.82 Å². The Balaban J connectivity index is 2.07. The van der Waals surface area contributed by atoms with Crippen LogP contribution in [0.25, 0.3) is 0 Å². The van der Waals surface area contributed by atoms with E-state index in [1.54, 1.807) is 0 Å². The predicted molar refractivity (Wildman–Crippen MR) is 82.3 cm³/mol. The van der Waals surface area contributed by atoms with Crippen molar-refractivity contribution >= 4 is 5.82 Å². The lowest BCUT2D eigenvalue weighted by Gasteiger charge is -2.25. The molecule has 1 aromatic rings. The maximum Gasteiger partial charge on any atom is 0.171 e. The van der Waals surface area contributed by atoms with Gasteiger partial charge in [0.05, 0.1) is 6.10 Å². The average Bonchev–Trinajstić information content (AvgIpc) is 2.65. The van der Waals surface area contributed by atoms with Crippen molar-refractivity contribution in [2.45, 2.75) is 26.4 Å². The van der Waals surface area contributed by atoms with Gasteiger partial charge in [-0.15, -0.1) is 0 Å². The van der Waals surface area contributed by atoms with Crippen molar-refractivity contribution in [1.82, 2.24) is 9.88 Å². The fraction of sp³-hybridized carbons (Fsp3) is 0.667. The highest BCUT2D eigenvalue weighted by Crippen LogP contribution is 2.27. The van der Waals surface area contributed by atoms with Crippen molar-refractivity contribution in [3.63, 3.8) is 0 Å². The van der Waals surface area contributed by atoms with Gasteiger partial charge in [-0.1, -0.05) is 0 Å². The van der Waals surface area contributed by atoms with Gasteiger partial charge in [-0.05, 0) is 38.9 Å². The highest BCUT2D eigenvalue weighted by atomic mass is 16.5. The Hall–Kier alpha value is -1.33. The molecule has 0 spiro atoms. The number of anilines is 1. The molecule has 1 aliphatic rings. The number of nitrogens with zero attached hydrogens (tertiary/aromatic N) is 3. The van der Waals surface area contributed by atoms with Gasteiger partial charge in [-0.2, -0.15) is 0 Å². The third-order valence-electron chi connectivity index (χ3n) is 3.45. The van der Waals surface area contributed by atoms with Crippen molar-refractivity contribution in [3.05, 3.63) is 18.3 Å².